The summed E-state index contributed by atoms with van der Waals surface area (Å²) in [5, 5.41) is 3.45. The van der Waals surface area contributed by atoms with E-state index in [9.17, 15) is 0 Å². The standard InChI is InChI=1S/C13H19N3/c1-3-10(2)16-13-11(6-4-9-15-13)12-7-5-8-14-12/h4,6,9-10H,3,5,7-8H2,1-2H3,(H,15,16). The van der Waals surface area contributed by atoms with Crippen LogP contribution in [-0.2, 0) is 0 Å². The van der Waals surface area contributed by atoms with Crippen LogP contribution in [0, 0.1) is 0 Å². The highest BCUT2D eigenvalue weighted by Gasteiger charge is 2.14. The van der Waals surface area contributed by atoms with E-state index in [0.29, 0.717) is 6.04 Å². The summed E-state index contributed by atoms with van der Waals surface area (Å²) in [5.74, 6) is 0.984. The second kappa shape index (κ2) is 5.10. The fourth-order valence-corrected chi connectivity index (χ4v) is 1.85. The summed E-state index contributed by atoms with van der Waals surface area (Å²) in [6, 6.07) is 4.55. The number of hydrogen-bond acceptors (Lipinski definition) is 3. The molecule has 0 aromatic carbocycles. The van der Waals surface area contributed by atoms with Crippen LogP contribution in [0.15, 0.2) is 23.3 Å². The summed E-state index contributed by atoms with van der Waals surface area (Å²) in [6.45, 7) is 5.31. The quantitative estimate of drug-likeness (QED) is 0.842. The number of nitrogens with zero attached hydrogens (tertiary/aromatic N) is 2. The maximum Gasteiger partial charge on any atom is 0.135 e. The molecule has 2 rings (SSSR count). The molecule has 0 bridgehead atoms. The summed E-state index contributed by atoms with van der Waals surface area (Å²) in [6.07, 6.45) is 5.19. The van der Waals surface area contributed by atoms with Crippen LogP contribution in [0.1, 0.15) is 38.7 Å². The fraction of sp³-hybridized carbons (Fsp3) is 0.538. The van der Waals surface area contributed by atoms with Gasteiger partial charge in [0, 0.05) is 30.1 Å². The highest BCUT2D eigenvalue weighted by molar-refractivity contribution is 6.05. The first-order valence-electron chi connectivity index (χ1n) is 6.06. The molecule has 3 heteroatoms. The van der Waals surface area contributed by atoms with Crippen LogP contribution in [0.5, 0.6) is 0 Å². The van der Waals surface area contributed by atoms with Gasteiger partial charge in [0.2, 0.25) is 0 Å². The average molecular weight is 217 g/mol. The lowest BCUT2D eigenvalue weighted by Gasteiger charge is -2.15. The number of rotatable bonds is 4. The molecule has 1 aromatic heterocycles. The Kier molecular flexibility index (Phi) is 3.54. The molecule has 1 aliphatic rings. The Morgan fingerprint density at radius 3 is 3.06 bits per heavy atom. The van der Waals surface area contributed by atoms with Gasteiger partial charge in [-0.1, -0.05) is 6.92 Å². The highest BCUT2D eigenvalue weighted by Crippen LogP contribution is 2.20. The van der Waals surface area contributed by atoms with Gasteiger partial charge in [-0.2, -0.15) is 0 Å². The third kappa shape index (κ3) is 2.40. The van der Waals surface area contributed by atoms with Gasteiger partial charge in [-0.3, -0.25) is 4.99 Å². The zero-order chi connectivity index (χ0) is 11.4. The predicted octanol–water partition coefficient (Wildman–Crippen LogP) is 2.87. The summed E-state index contributed by atoms with van der Waals surface area (Å²) >= 11 is 0. The lowest BCUT2D eigenvalue weighted by Crippen LogP contribution is -2.17. The van der Waals surface area contributed by atoms with Crippen LogP contribution >= 0.6 is 0 Å². The first-order chi connectivity index (χ1) is 7.81. The molecule has 0 saturated heterocycles. The molecule has 1 atom stereocenters. The number of anilines is 1. The van der Waals surface area contributed by atoms with Crippen molar-refractivity contribution in [2.75, 3.05) is 11.9 Å². The van der Waals surface area contributed by atoms with E-state index in [1.54, 1.807) is 0 Å². The van der Waals surface area contributed by atoms with Crippen molar-refractivity contribution in [3.05, 3.63) is 23.9 Å². The van der Waals surface area contributed by atoms with Crippen molar-refractivity contribution in [3.63, 3.8) is 0 Å². The maximum atomic E-state index is 4.54. The average Bonchev–Trinajstić information content (AvgIpc) is 2.83. The second-order valence-electron chi connectivity index (χ2n) is 4.29. The topological polar surface area (TPSA) is 37.3 Å². The largest absolute Gasteiger partial charge is 0.367 e. The van der Waals surface area contributed by atoms with Crippen molar-refractivity contribution in [2.45, 2.75) is 39.2 Å². The van der Waals surface area contributed by atoms with Gasteiger partial charge in [0.05, 0.1) is 0 Å². The van der Waals surface area contributed by atoms with Crippen LogP contribution in [0.3, 0.4) is 0 Å². The normalized spacial score (nSPS) is 17.0. The molecule has 1 unspecified atom stereocenters. The van der Waals surface area contributed by atoms with E-state index in [2.05, 4.69) is 35.2 Å². The molecule has 86 valence electrons. The van der Waals surface area contributed by atoms with Crippen molar-refractivity contribution in [3.8, 4) is 0 Å². The van der Waals surface area contributed by atoms with Gasteiger partial charge in [-0.05, 0) is 38.3 Å². The van der Waals surface area contributed by atoms with Gasteiger partial charge in [-0.15, -0.1) is 0 Å². The van der Waals surface area contributed by atoms with E-state index in [1.165, 1.54) is 17.7 Å². The molecule has 1 aliphatic heterocycles. The zero-order valence-electron chi connectivity index (χ0n) is 10.0. The maximum absolute atomic E-state index is 4.54. The Morgan fingerprint density at radius 1 is 1.50 bits per heavy atom. The minimum absolute atomic E-state index is 0.454. The van der Waals surface area contributed by atoms with Gasteiger partial charge in [0.15, 0.2) is 0 Å². The summed E-state index contributed by atoms with van der Waals surface area (Å²) in [7, 11) is 0. The minimum atomic E-state index is 0.454. The molecule has 2 heterocycles. The number of aliphatic imine (C=N–C) groups is 1. The Labute approximate surface area is 97.0 Å². The molecule has 0 saturated carbocycles. The second-order valence-corrected chi connectivity index (χ2v) is 4.29. The van der Waals surface area contributed by atoms with E-state index in [0.717, 1.165) is 25.2 Å². The van der Waals surface area contributed by atoms with Crippen LogP contribution in [0.25, 0.3) is 0 Å². The van der Waals surface area contributed by atoms with Crippen LogP contribution in [0.4, 0.5) is 5.82 Å². The third-order valence-electron chi connectivity index (χ3n) is 2.99. The Bertz CT molecular complexity index is 385. The van der Waals surface area contributed by atoms with Crippen LogP contribution < -0.4 is 5.32 Å². The molecule has 16 heavy (non-hydrogen) atoms. The first kappa shape index (κ1) is 11.1. The van der Waals surface area contributed by atoms with Gasteiger partial charge >= 0.3 is 0 Å². The monoisotopic (exact) mass is 217 g/mol. The first-order valence-corrected chi connectivity index (χ1v) is 6.06. The lowest BCUT2D eigenvalue weighted by atomic mass is 10.1. The molecule has 0 radical (unpaired) electrons. The van der Waals surface area contributed by atoms with Crippen molar-refractivity contribution in [1.82, 2.24) is 4.98 Å². The molecule has 3 nitrogen and oxygen atoms in total. The fourth-order valence-electron chi connectivity index (χ4n) is 1.85. The number of hydrogen-bond donors (Lipinski definition) is 1. The van der Waals surface area contributed by atoms with Gasteiger partial charge < -0.3 is 5.32 Å². The highest BCUT2D eigenvalue weighted by atomic mass is 15.0. The Morgan fingerprint density at radius 2 is 2.38 bits per heavy atom. The van der Waals surface area contributed by atoms with E-state index < -0.39 is 0 Å². The van der Waals surface area contributed by atoms with E-state index >= 15 is 0 Å². The van der Waals surface area contributed by atoms with E-state index in [4.69, 9.17) is 0 Å². The van der Waals surface area contributed by atoms with E-state index in [1.807, 2.05) is 12.3 Å². The van der Waals surface area contributed by atoms with Crippen molar-refractivity contribution >= 4 is 11.5 Å². The molecule has 0 fully saturated rings. The lowest BCUT2D eigenvalue weighted by molar-refractivity contribution is 0.759. The molecule has 0 amide bonds. The van der Waals surface area contributed by atoms with Crippen molar-refractivity contribution in [1.29, 1.82) is 0 Å². The Balaban J connectivity index is 2.23. The Hall–Kier alpha value is -1.38. The molecular formula is C13H19N3. The molecule has 1 aromatic rings. The summed E-state index contributed by atoms with van der Waals surface area (Å²) in [4.78, 5) is 8.96. The number of nitrogens with one attached hydrogen (secondary N) is 1. The zero-order valence-corrected chi connectivity index (χ0v) is 10.0. The summed E-state index contributed by atoms with van der Waals surface area (Å²) < 4.78 is 0. The number of pyridine rings is 1. The summed E-state index contributed by atoms with van der Waals surface area (Å²) in [5.41, 5.74) is 2.39. The molecular weight excluding hydrogens is 198 g/mol. The van der Waals surface area contributed by atoms with Gasteiger partial charge in [0.25, 0.3) is 0 Å². The molecule has 0 aliphatic carbocycles. The van der Waals surface area contributed by atoms with Gasteiger partial charge in [0.1, 0.15) is 5.82 Å². The van der Waals surface area contributed by atoms with Gasteiger partial charge in [-0.25, -0.2) is 4.98 Å². The van der Waals surface area contributed by atoms with Crippen molar-refractivity contribution in [2.24, 2.45) is 4.99 Å². The van der Waals surface area contributed by atoms with E-state index in [-0.39, 0.29) is 0 Å². The SMILES string of the molecule is CCC(C)Nc1ncccc1C1=NCCC1. The number of aromatic nitrogens is 1. The minimum Gasteiger partial charge on any atom is -0.367 e. The molecule has 1 N–H and O–H groups in total. The smallest absolute Gasteiger partial charge is 0.135 e. The van der Waals surface area contributed by atoms with Crippen LogP contribution in [0.2, 0.25) is 0 Å². The predicted molar refractivity (Wildman–Crippen MR) is 68.3 cm³/mol. The third-order valence-corrected chi connectivity index (χ3v) is 2.99. The van der Waals surface area contributed by atoms with Crippen molar-refractivity contribution < 1.29 is 0 Å². The van der Waals surface area contributed by atoms with Crippen LogP contribution in [-0.4, -0.2) is 23.3 Å². The molecule has 0 spiro atoms.